The molecule has 0 aliphatic carbocycles. The molecule has 0 bridgehead atoms. The molecule has 0 aliphatic heterocycles. The number of ether oxygens (including phenoxy) is 1. The predicted octanol–water partition coefficient (Wildman–Crippen LogP) is 3.66. The quantitative estimate of drug-likeness (QED) is 0.324. The van der Waals surface area contributed by atoms with Crippen LogP contribution in [0.3, 0.4) is 0 Å². The van der Waals surface area contributed by atoms with Gasteiger partial charge in [0.05, 0.1) is 5.56 Å². The second-order valence-corrected chi connectivity index (χ2v) is 6.27. The van der Waals surface area contributed by atoms with Crippen LogP contribution >= 0.6 is 0 Å². The molecular formula is C23H18BNO3. The average Bonchev–Trinajstić information content (AvgIpc) is 2.70. The molecule has 3 aromatic rings. The first kappa shape index (κ1) is 19.2. The highest BCUT2D eigenvalue weighted by atomic mass is 16.5. The first-order chi connectivity index (χ1) is 13.5. The maximum atomic E-state index is 12.1. The third kappa shape index (κ3) is 5.45. The Morgan fingerprint density at radius 1 is 0.893 bits per heavy atom. The zero-order valence-electron chi connectivity index (χ0n) is 15.4. The summed E-state index contributed by atoms with van der Waals surface area (Å²) < 4.78 is 5.36. The molecule has 0 unspecified atom stereocenters. The Balaban J connectivity index is 1.56. The minimum atomic E-state index is -0.411. The van der Waals surface area contributed by atoms with Crippen molar-refractivity contribution < 1.29 is 14.3 Å². The van der Waals surface area contributed by atoms with E-state index in [0.717, 1.165) is 11.1 Å². The van der Waals surface area contributed by atoms with Crippen LogP contribution in [0.1, 0.15) is 21.5 Å². The molecule has 2 radical (unpaired) electrons. The number of rotatable bonds is 5. The number of amides is 1. The van der Waals surface area contributed by atoms with E-state index in [9.17, 15) is 9.59 Å². The largest absolute Gasteiger partial charge is 0.423 e. The number of hydrogen-bond acceptors (Lipinski definition) is 3. The molecule has 0 fully saturated rings. The monoisotopic (exact) mass is 367 g/mol. The SMILES string of the molecule is [B]c1ccc(NC(=O)/C=C/c2ccc(OC(=O)c3ccc(C)cc3)cc2)cc1. The van der Waals surface area contributed by atoms with Crippen LogP contribution in [0.4, 0.5) is 5.69 Å². The molecule has 0 heterocycles. The fourth-order valence-corrected chi connectivity index (χ4v) is 2.42. The minimum absolute atomic E-state index is 0.250. The second kappa shape index (κ2) is 8.86. The molecule has 28 heavy (non-hydrogen) atoms. The van der Waals surface area contributed by atoms with Gasteiger partial charge in [-0.15, -0.1) is 0 Å². The Morgan fingerprint density at radius 2 is 1.54 bits per heavy atom. The van der Waals surface area contributed by atoms with Crippen molar-refractivity contribution in [3.8, 4) is 5.75 Å². The van der Waals surface area contributed by atoms with Gasteiger partial charge < -0.3 is 10.1 Å². The Labute approximate surface area is 165 Å². The Bertz CT molecular complexity index is 992. The Morgan fingerprint density at radius 3 is 2.18 bits per heavy atom. The van der Waals surface area contributed by atoms with Gasteiger partial charge in [-0.25, -0.2) is 4.79 Å². The summed E-state index contributed by atoms with van der Waals surface area (Å²) in [6.07, 6.45) is 3.11. The number of nitrogens with one attached hydrogen (secondary N) is 1. The van der Waals surface area contributed by atoms with Crippen molar-refractivity contribution >= 4 is 36.9 Å². The minimum Gasteiger partial charge on any atom is -0.423 e. The number of benzene rings is 3. The molecule has 4 nitrogen and oxygen atoms in total. The van der Waals surface area contributed by atoms with E-state index in [1.54, 1.807) is 66.7 Å². The van der Waals surface area contributed by atoms with Gasteiger partial charge in [0.2, 0.25) is 5.91 Å². The molecule has 3 aromatic carbocycles. The molecule has 0 aliphatic rings. The normalized spacial score (nSPS) is 10.6. The fourth-order valence-electron chi connectivity index (χ4n) is 2.42. The van der Waals surface area contributed by atoms with E-state index in [0.29, 0.717) is 22.5 Å². The van der Waals surface area contributed by atoms with E-state index in [-0.39, 0.29) is 5.91 Å². The molecule has 0 saturated heterocycles. The number of anilines is 1. The van der Waals surface area contributed by atoms with Gasteiger partial charge in [0.1, 0.15) is 13.6 Å². The smallest absolute Gasteiger partial charge is 0.343 e. The van der Waals surface area contributed by atoms with E-state index < -0.39 is 5.97 Å². The number of aryl methyl sites for hydroxylation is 1. The van der Waals surface area contributed by atoms with Crippen molar-refractivity contribution in [2.75, 3.05) is 5.32 Å². The number of carbonyl (C=O) groups is 2. The summed E-state index contributed by atoms with van der Waals surface area (Å²) in [6, 6.07) is 21.0. The standard InChI is InChI=1S/C23H18BNO3/c1-16-2-7-18(8-3-16)23(27)28-21-13-4-17(5-14-21)6-15-22(26)25-20-11-9-19(24)10-12-20/h2-15H,1H3,(H,25,26)/b15-6+. The zero-order chi connectivity index (χ0) is 19.9. The van der Waals surface area contributed by atoms with E-state index in [2.05, 4.69) is 5.32 Å². The summed E-state index contributed by atoms with van der Waals surface area (Å²) >= 11 is 0. The first-order valence-corrected chi connectivity index (χ1v) is 8.73. The van der Waals surface area contributed by atoms with Crippen molar-refractivity contribution in [3.63, 3.8) is 0 Å². The summed E-state index contributed by atoms with van der Waals surface area (Å²) in [5.74, 6) is -0.222. The van der Waals surface area contributed by atoms with Crippen LogP contribution in [-0.2, 0) is 4.79 Å². The van der Waals surface area contributed by atoms with Crippen molar-refractivity contribution in [2.24, 2.45) is 0 Å². The van der Waals surface area contributed by atoms with Crippen molar-refractivity contribution in [3.05, 3.63) is 95.6 Å². The molecule has 1 N–H and O–H groups in total. The number of esters is 1. The van der Waals surface area contributed by atoms with Crippen LogP contribution in [-0.4, -0.2) is 19.7 Å². The zero-order valence-corrected chi connectivity index (χ0v) is 15.4. The van der Waals surface area contributed by atoms with Gasteiger partial charge >= 0.3 is 5.97 Å². The molecule has 1 amide bonds. The second-order valence-electron chi connectivity index (χ2n) is 6.27. The molecule has 0 saturated carbocycles. The molecule has 0 spiro atoms. The topological polar surface area (TPSA) is 55.4 Å². The fraction of sp³-hybridized carbons (Fsp3) is 0.0435. The van der Waals surface area contributed by atoms with Crippen molar-refractivity contribution in [1.82, 2.24) is 0 Å². The van der Waals surface area contributed by atoms with E-state index in [1.807, 2.05) is 19.1 Å². The lowest BCUT2D eigenvalue weighted by atomic mass is 9.96. The van der Waals surface area contributed by atoms with Crippen LogP contribution in [0.5, 0.6) is 5.75 Å². The van der Waals surface area contributed by atoms with Gasteiger partial charge in [-0.05, 0) is 55.0 Å². The average molecular weight is 367 g/mol. The third-order valence-corrected chi connectivity index (χ3v) is 3.98. The highest BCUT2D eigenvalue weighted by Crippen LogP contribution is 2.16. The summed E-state index contributed by atoms with van der Waals surface area (Å²) in [7, 11) is 5.62. The van der Waals surface area contributed by atoms with Crippen LogP contribution in [0.15, 0.2) is 78.9 Å². The van der Waals surface area contributed by atoms with E-state index in [1.165, 1.54) is 6.08 Å². The highest BCUT2D eigenvalue weighted by molar-refractivity contribution is 6.32. The van der Waals surface area contributed by atoms with E-state index in [4.69, 9.17) is 12.6 Å². The molecule has 136 valence electrons. The first-order valence-electron chi connectivity index (χ1n) is 8.73. The van der Waals surface area contributed by atoms with Gasteiger partial charge in [0, 0.05) is 11.8 Å². The van der Waals surface area contributed by atoms with Crippen molar-refractivity contribution in [2.45, 2.75) is 6.92 Å². The molecule has 5 heteroatoms. The Kier molecular flexibility index (Phi) is 6.07. The van der Waals surface area contributed by atoms with Crippen LogP contribution in [0.25, 0.3) is 6.08 Å². The highest BCUT2D eigenvalue weighted by Gasteiger charge is 2.08. The summed E-state index contributed by atoms with van der Waals surface area (Å²) in [4.78, 5) is 24.1. The maximum Gasteiger partial charge on any atom is 0.343 e. The third-order valence-electron chi connectivity index (χ3n) is 3.98. The van der Waals surface area contributed by atoms with Crippen LogP contribution in [0, 0.1) is 6.92 Å². The van der Waals surface area contributed by atoms with Gasteiger partial charge in [-0.2, -0.15) is 0 Å². The summed E-state index contributed by atoms with van der Waals surface area (Å²) in [5.41, 5.74) is 3.68. The van der Waals surface area contributed by atoms with E-state index >= 15 is 0 Å². The molecule has 0 aromatic heterocycles. The molecular weight excluding hydrogens is 349 g/mol. The van der Waals surface area contributed by atoms with Gasteiger partial charge in [-0.3, -0.25) is 4.79 Å². The number of carbonyl (C=O) groups excluding carboxylic acids is 2. The van der Waals surface area contributed by atoms with Gasteiger partial charge in [0.15, 0.2) is 0 Å². The maximum absolute atomic E-state index is 12.1. The van der Waals surface area contributed by atoms with Crippen LogP contribution < -0.4 is 15.5 Å². The van der Waals surface area contributed by atoms with Crippen molar-refractivity contribution in [1.29, 1.82) is 0 Å². The molecule has 0 atom stereocenters. The summed E-state index contributed by atoms with van der Waals surface area (Å²) in [5, 5.41) is 2.75. The lowest BCUT2D eigenvalue weighted by Gasteiger charge is -2.05. The Hall–Kier alpha value is -3.60. The van der Waals surface area contributed by atoms with Gasteiger partial charge in [0.25, 0.3) is 0 Å². The lowest BCUT2D eigenvalue weighted by molar-refractivity contribution is -0.111. The number of hydrogen-bond donors (Lipinski definition) is 1. The molecule has 3 rings (SSSR count). The van der Waals surface area contributed by atoms with Crippen LogP contribution in [0.2, 0.25) is 0 Å². The summed E-state index contributed by atoms with van der Waals surface area (Å²) in [6.45, 7) is 1.96. The van der Waals surface area contributed by atoms with Gasteiger partial charge in [-0.1, -0.05) is 47.4 Å². The predicted molar refractivity (Wildman–Crippen MR) is 112 cm³/mol. The lowest BCUT2D eigenvalue weighted by Crippen LogP contribution is -2.09.